The number of hydrogen-bond donors (Lipinski definition) is 0. The van der Waals surface area contributed by atoms with Gasteiger partial charge in [-0.25, -0.2) is 4.98 Å². The van der Waals surface area contributed by atoms with Gasteiger partial charge in [0.1, 0.15) is 5.15 Å². The van der Waals surface area contributed by atoms with Crippen LogP contribution < -0.4 is 0 Å². The second-order valence-electron chi connectivity index (χ2n) is 4.59. The zero-order valence-corrected chi connectivity index (χ0v) is 12.6. The quantitative estimate of drug-likeness (QED) is 0.654. The highest BCUT2D eigenvalue weighted by molar-refractivity contribution is 6.42. The Bertz CT molecular complexity index is 655. The number of hydrogen-bond acceptors (Lipinski definition) is 3. The maximum absolute atomic E-state index is 6.03. The number of halogens is 3. The zero-order chi connectivity index (χ0) is 14.1. The van der Waals surface area contributed by atoms with E-state index in [2.05, 4.69) is 15.2 Å². The summed E-state index contributed by atoms with van der Waals surface area (Å²) in [4.78, 5) is 4.07. The van der Waals surface area contributed by atoms with Crippen molar-refractivity contribution in [3.63, 3.8) is 0 Å². The summed E-state index contributed by atoms with van der Waals surface area (Å²) >= 11 is 17.7. The third-order valence-electron chi connectivity index (χ3n) is 3.26. The van der Waals surface area contributed by atoms with E-state index in [-0.39, 0.29) is 12.1 Å². The minimum atomic E-state index is 0.00504. The molecule has 2 heterocycles. The second kappa shape index (κ2) is 5.68. The summed E-state index contributed by atoms with van der Waals surface area (Å²) in [7, 11) is 0. The predicted molar refractivity (Wildman–Crippen MR) is 80.7 cm³/mol. The van der Waals surface area contributed by atoms with Gasteiger partial charge < -0.3 is 0 Å². The number of aromatic nitrogens is 1. The molecular formula is C14H10Cl3N3. The van der Waals surface area contributed by atoms with Crippen LogP contribution in [0.1, 0.15) is 29.6 Å². The van der Waals surface area contributed by atoms with Crippen LogP contribution >= 0.6 is 34.8 Å². The minimum Gasteiger partial charge on any atom is -0.244 e. The summed E-state index contributed by atoms with van der Waals surface area (Å²) in [6, 6.07) is 9.27. The standard InChI is InChI=1S/C14H10Cl3N3/c15-10-3-1-8(5-11(10)16)12-6-13(20-19-12)9-2-4-14(17)18-7-9/h1-5,7,12-13H,6H2. The number of benzene rings is 1. The van der Waals surface area contributed by atoms with Crippen LogP contribution in [0.15, 0.2) is 46.8 Å². The molecular weight excluding hydrogens is 317 g/mol. The summed E-state index contributed by atoms with van der Waals surface area (Å²) in [6.07, 6.45) is 2.53. The van der Waals surface area contributed by atoms with E-state index in [4.69, 9.17) is 34.8 Å². The summed E-state index contributed by atoms with van der Waals surface area (Å²) in [5.74, 6) is 0. The highest BCUT2D eigenvalue weighted by Gasteiger charge is 2.25. The Morgan fingerprint density at radius 3 is 2.20 bits per heavy atom. The van der Waals surface area contributed by atoms with E-state index < -0.39 is 0 Å². The average molecular weight is 327 g/mol. The molecule has 1 aromatic heterocycles. The van der Waals surface area contributed by atoms with E-state index in [1.54, 1.807) is 18.3 Å². The molecule has 2 unspecified atom stereocenters. The molecule has 0 saturated carbocycles. The lowest BCUT2D eigenvalue weighted by Gasteiger charge is -2.09. The molecule has 3 nitrogen and oxygen atoms in total. The van der Waals surface area contributed by atoms with Crippen LogP contribution in [-0.4, -0.2) is 4.98 Å². The maximum Gasteiger partial charge on any atom is 0.129 e. The lowest BCUT2D eigenvalue weighted by atomic mass is 9.98. The smallest absolute Gasteiger partial charge is 0.129 e. The van der Waals surface area contributed by atoms with Gasteiger partial charge in [0.2, 0.25) is 0 Å². The van der Waals surface area contributed by atoms with Gasteiger partial charge in [-0.1, -0.05) is 46.9 Å². The molecule has 0 spiro atoms. The topological polar surface area (TPSA) is 37.6 Å². The van der Waals surface area contributed by atoms with E-state index in [0.717, 1.165) is 17.5 Å². The van der Waals surface area contributed by atoms with Crippen molar-refractivity contribution < 1.29 is 0 Å². The molecule has 0 aliphatic carbocycles. The fraction of sp³-hybridized carbons (Fsp3) is 0.214. The van der Waals surface area contributed by atoms with Crippen LogP contribution in [-0.2, 0) is 0 Å². The van der Waals surface area contributed by atoms with Crippen LogP contribution in [0, 0.1) is 0 Å². The maximum atomic E-state index is 6.03. The average Bonchev–Trinajstić information content (AvgIpc) is 2.92. The van der Waals surface area contributed by atoms with Crippen molar-refractivity contribution in [1.29, 1.82) is 0 Å². The number of pyridine rings is 1. The van der Waals surface area contributed by atoms with Crippen LogP contribution in [0.25, 0.3) is 0 Å². The van der Waals surface area contributed by atoms with Crippen molar-refractivity contribution in [2.24, 2.45) is 10.2 Å². The van der Waals surface area contributed by atoms with Gasteiger partial charge in [-0.05, 0) is 29.3 Å². The molecule has 20 heavy (non-hydrogen) atoms. The number of rotatable bonds is 2. The Hall–Kier alpha value is -1.16. The molecule has 0 fully saturated rings. The van der Waals surface area contributed by atoms with Gasteiger partial charge >= 0.3 is 0 Å². The fourth-order valence-corrected chi connectivity index (χ4v) is 2.59. The first kappa shape index (κ1) is 13.8. The van der Waals surface area contributed by atoms with Crippen LogP contribution in [0.5, 0.6) is 0 Å². The van der Waals surface area contributed by atoms with E-state index in [9.17, 15) is 0 Å². The SMILES string of the molecule is Clc1ccc(C2CC(c3ccc(Cl)c(Cl)c3)N=N2)cn1. The van der Waals surface area contributed by atoms with Gasteiger partial charge in [0.05, 0.1) is 22.1 Å². The van der Waals surface area contributed by atoms with Gasteiger partial charge in [-0.2, -0.15) is 10.2 Å². The minimum absolute atomic E-state index is 0.00504. The Kier molecular flexibility index (Phi) is 3.92. The molecule has 6 heteroatoms. The normalized spacial score (nSPS) is 21.4. The van der Waals surface area contributed by atoms with Crippen molar-refractivity contribution in [2.45, 2.75) is 18.5 Å². The summed E-state index contributed by atoms with van der Waals surface area (Å²) < 4.78 is 0. The first-order valence-corrected chi connectivity index (χ1v) is 7.23. The van der Waals surface area contributed by atoms with Gasteiger partial charge in [-0.15, -0.1) is 0 Å². The summed E-state index contributed by atoms with van der Waals surface area (Å²) in [6.45, 7) is 0. The number of azo groups is 1. The zero-order valence-electron chi connectivity index (χ0n) is 10.3. The Morgan fingerprint density at radius 1 is 0.850 bits per heavy atom. The predicted octanol–water partition coefficient (Wildman–Crippen LogP) is 5.68. The molecule has 2 aromatic rings. The Labute approximate surface area is 131 Å². The molecule has 0 bridgehead atoms. The second-order valence-corrected chi connectivity index (χ2v) is 5.79. The Balaban J connectivity index is 1.78. The third kappa shape index (κ3) is 2.80. The highest BCUT2D eigenvalue weighted by atomic mass is 35.5. The van der Waals surface area contributed by atoms with E-state index >= 15 is 0 Å². The van der Waals surface area contributed by atoms with Gasteiger partial charge in [-0.3, -0.25) is 0 Å². The Morgan fingerprint density at radius 2 is 1.55 bits per heavy atom. The largest absolute Gasteiger partial charge is 0.244 e. The van der Waals surface area contributed by atoms with Crippen LogP contribution in [0.3, 0.4) is 0 Å². The van der Waals surface area contributed by atoms with Crippen molar-refractivity contribution in [1.82, 2.24) is 4.98 Å². The van der Waals surface area contributed by atoms with Gasteiger partial charge in [0, 0.05) is 12.6 Å². The monoisotopic (exact) mass is 325 g/mol. The molecule has 102 valence electrons. The van der Waals surface area contributed by atoms with Gasteiger partial charge in [0.15, 0.2) is 0 Å². The van der Waals surface area contributed by atoms with E-state index in [1.165, 1.54) is 0 Å². The van der Waals surface area contributed by atoms with E-state index in [1.807, 2.05) is 18.2 Å². The van der Waals surface area contributed by atoms with Crippen LogP contribution in [0.2, 0.25) is 15.2 Å². The lowest BCUT2D eigenvalue weighted by Crippen LogP contribution is -1.97. The summed E-state index contributed by atoms with van der Waals surface area (Å²) in [5.41, 5.74) is 2.04. The molecule has 1 aliphatic rings. The van der Waals surface area contributed by atoms with Crippen molar-refractivity contribution in [2.75, 3.05) is 0 Å². The van der Waals surface area contributed by atoms with E-state index in [0.29, 0.717) is 15.2 Å². The molecule has 0 radical (unpaired) electrons. The molecule has 1 aromatic carbocycles. The molecule has 2 atom stereocenters. The van der Waals surface area contributed by atoms with Crippen molar-refractivity contribution in [3.05, 3.63) is 62.9 Å². The first-order valence-electron chi connectivity index (χ1n) is 6.10. The fourth-order valence-electron chi connectivity index (χ4n) is 2.18. The van der Waals surface area contributed by atoms with Crippen LogP contribution in [0.4, 0.5) is 0 Å². The first-order chi connectivity index (χ1) is 9.63. The molecule has 0 saturated heterocycles. The van der Waals surface area contributed by atoms with Crippen molar-refractivity contribution in [3.8, 4) is 0 Å². The summed E-state index contributed by atoms with van der Waals surface area (Å²) in [5, 5.41) is 10.2. The highest BCUT2D eigenvalue weighted by Crippen LogP contribution is 2.39. The third-order valence-corrected chi connectivity index (χ3v) is 4.22. The lowest BCUT2D eigenvalue weighted by molar-refractivity contribution is 0.657. The molecule has 3 rings (SSSR count). The number of nitrogens with zero attached hydrogens (tertiary/aromatic N) is 3. The molecule has 0 N–H and O–H groups in total. The van der Waals surface area contributed by atoms with Crippen molar-refractivity contribution >= 4 is 34.8 Å². The molecule has 0 amide bonds. The van der Waals surface area contributed by atoms with Gasteiger partial charge in [0.25, 0.3) is 0 Å². The molecule has 1 aliphatic heterocycles.